The minimum absolute atomic E-state index is 0.0190. The SMILES string of the molecule is CCN1CCC[C@H]1[C@@H]1CCCN1C(=O)c1ccc(CNC(C)=O)o1. The minimum atomic E-state index is -0.111. The summed E-state index contributed by atoms with van der Waals surface area (Å²) in [7, 11) is 0. The zero-order valence-electron chi connectivity index (χ0n) is 14.6. The third-order valence-electron chi connectivity index (χ3n) is 5.21. The molecule has 0 saturated carbocycles. The number of furan rings is 1. The van der Waals surface area contributed by atoms with Crippen LogP contribution in [0.3, 0.4) is 0 Å². The van der Waals surface area contributed by atoms with Crippen LogP contribution in [0.1, 0.15) is 55.8 Å². The number of rotatable bonds is 5. The van der Waals surface area contributed by atoms with Crippen molar-refractivity contribution in [2.75, 3.05) is 19.6 Å². The van der Waals surface area contributed by atoms with E-state index in [9.17, 15) is 9.59 Å². The molecule has 24 heavy (non-hydrogen) atoms. The molecular weight excluding hydrogens is 306 g/mol. The van der Waals surface area contributed by atoms with E-state index in [1.165, 1.54) is 19.8 Å². The van der Waals surface area contributed by atoms with Gasteiger partial charge in [-0.25, -0.2) is 0 Å². The molecular formula is C18H27N3O3. The number of hydrogen-bond donors (Lipinski definition) is 1. The summed E-state index contributed by atoms with van der Waals surface area (Å²) in [5, 5.41) is 2.69. The van der Waals surface area contributed by atoms with E-state index >= 15 is 0 Å². The van der Waals surface area contributed by atoms with Crippen LogP contribution >= 0.6 is 0 Å². The van der Waals surface area contributed by atoms with Crippen LogP contribution in [0.15, 0.2) is 16.5 Å². The maximum absolute atomic E-state index is 12.9. The van der Waals surface area contributed by atoms with Gasteiger partial charge in [-0.1, -0.05) is 6.92 Å². The van der Waals surface area contributed by atoms with Gasteiger partial charge in [0.1, 0.15) is 5.76 Å². The van der Waals surface area contributed by atoms with Crippen LogP contribution in [0.2, 0.25) is 0 Å². The van der Waals surface area contributed by atoms with E-state index in [1.54, 1.807) is 12.1 Å². The Morgan fingerprint density at radius 2 is 1.96 bits per heavy atom. The molecule has 3 rings (SSSR count). The average Bonchev–Trinajstić information content (AvgIpc) is 3.30. The van der Waals surface area contributed by atoms with E-state index in [-0.39, 0.29) is 11.8 Å². The van der Waals surface area contributed by atoms with E-state index in [0.29, 0.717) is 30.1 Å². The van der Waals surface area contributed by atoms with Gasteiger partial charge in [-0.15, -0.1) is 0 Å². The number of hydrogen-bond acceptors (Lipinski definition) is 4. The fourth-order valence-corrected chi connectivity index (χ4v) is 4.07. The Labute approximate surface area is 143 Å². The summed E-state index contributed by atoms with van der Waals surface area (Å²) in [6.45, 7) is 6.97. The molecule has 1 aromatic rings. The van der Waals surface area contributed by atoms with Crippen molar-refractivity contribution in [1.29, 1.82) is 0 Å². The molecule has 6 nitrogen and oxygen atoms in total. The van der Waals surface area contributed by atoms with Crippen molar-refractivity contribution < 1.29 is 14.0 Å². The Morgan fingerprint density at radius 3 is 2.71 bits per heavy atom. The van der Waals surface area contributed by atoms with E-state index in [4.69, 9.17) is 4.42 Å². The first-order valence-corrected chi connectivity index (χ1v) is 8.98. The van der Waals surface area contributed by atoms with Crippen molar-refractivity contribution in [2.24, 2.45) is 0 Å². The lowest BCUT2D eigenvalue weighted by atomic mass is 10.0. The van der Waals surface area contributed by atoms with Crippen LogP contribution in [-0.2, 0) is 11.3 Å². The maximum Gasteiger partial charge on any atom is 0.289 e. The van der Waals surface area contributed by atoms with Gasteiger partial charge in [0.15, 0.2) is 5.76 Å². The fourth-order valence-electron chi connectivity index (χ4n) is 4.07. The highest BCUT2D eigenvalue weighted by atomic mass is 16.4. The second-order valence-corrected chi connectivity index (χ2v) is 6.72. The summed E-state index contributed by atoms with van der Waals surface area (Å²) in [5.74, 6) is 0.859. The largest absolute Gasteiger partial charge is 0.454 e. The summed E-state index contributed by atoms with van der Waals surface area (Å²) in [5.41, 5.74) is 0. The molecule has 132 valence electrons. The standard InChI is InChI=1S/C18H27N3O3/c1-3-20-10-4-6-15(20)16-7-5-11-21(16)18(23)17-9-8-14(24-17)12-19-13(2)22/h8-9,15-16H,3-7,10-12H2,1-2H3,(H,19,22)/t15-,16-/m0/s1. The van der Waals surface area contributed by atoms with Gasteiger partial charge >= 0.3 is 0 Å². The van der Waals surface area contributed by atoms with Gasteiger partial charge in [-0.05, 0) is 50.9 Å². The molecule has 0 spiro atoms. The molecule has 0 radical (unpaired) electrons. The molecule has 0 unspecified atom stereocenters. The van der Waals surface area contributed by atoms with Gasteiger partial charge in [-0.3, -0.25) is 14.5 Å². The minimum Gasteiger partial charge on any atom is -0.454 e. The Morgan fingerprint density at radius 1 is 1.21 bits per heavy atom. The lowest BCUT2D eigenvalue weighted by Gasteiger charge is -2.34. The van der Waals surface area contributed by atoms with Gasteiger partial charge < -0.3 is 14.6 Å². The van der Waals surface area contributed by atoms with Crippen molar-refractivity contribution in [2.45, 2.75) is 58.2 Å². The third kappa shape index (κ3) is 3.48. The smallest absolute Gasteiger partial charge is 0.289 e. The zero-order chi connectivity index (χ0) is 17.1. The van der Waals surface area contributed by atoms with E-state index in [2.05, 4.69) is 17.1 Å². The predicted molar refractivity (Wildman–Crippen MR) is 90.6 cm³/mol. The number of nitrogens with zero attached hydrogens (tertiary/aromatic N) is 2. The highest BCUT2D eigenvalue weighted by Gasteiger charge is 2.40. The maximum atomic E-state index is 12.9. The first-order chi connectivity index (χ1) is 11.6. The van der Waals surface area contributed by atoms with Gasteiger partial charge in [-0.2, -0.15) is 0 Å². The van der Waals surface area contributed by atoms with Crippen LogP contribution in [0.4, 0.5) is 0 Å². The quantitative estimate of drug-likeness (QED) is 0.895. The molecule has 6 heteroatoms. The van der Waals surface area contributed by atoms with Crippen molar-refractivity contribution in [3.8, 4) is 0 Å². The summed E-state index contributed by atoms with van der Waals surface area (Å²) >= 11 is 0. The van der Waals surface area contributed by atoms with Gasteiger partial charge in [0, 0.05) is 25.6 Å². The van der Waals surface area contributed by atoms with Gasteiger partial charge in [0.25, 0.3) is 5.91 Å². The monoisotopic (exact) mass is 333 g/mol. The molecule has 2 saturated heterocycles. The predicted octanol–water partition coefficient (Wildman–Crippen LogP) is 2.00. The van der Waals surface area contributed by atoms with Crippen molar-refractivity contribution >= 4 is 11.8 Å². The molecule has 2 fully saturated rings. The number of carbonyl (C=O) groups is 2. The molecule has 0 bridgehead atoms. The van der Waals surface area contributed by atoms with Gasteiger partial charge in [0.2, 0.25) is 5.91 Å². The molecule has 2 aliphatic rings. The van der Waals surface area contributed by atoms with Crippen LogP contribution < -0.4 is 5.32 Å². The highest BCUT2D eigenvalue weighted by molar-refractivity contribution is 5.92. The Bertz CT molecular complexity index is 598. The zero-order valence-corrected chi connectivity index (χ0v) is 14.6. The average molecular weight is 333 g/mol. The topological polar surface area (TPSA) is 65.8 Å². The number of amides is 2. The normalized spacial score (nSPS) is 24.5. The lowest BCUT2D eigenvalue weighted by Crippen LogP contribution is -2.48. The molecule has 1 N–H and O–H groups in total. The van der Waals surface area contributed by atoms with Crippen molar-refractivity contribution in [1.82, 2.24) is 15.1 Å². The molecule has 3 heterocycles. The molecule has 2 atom stereocenters. The molecule has 0 aromatic carbocycles. The number of likely N-dealkylation sites (N-methyl/N-ethyl adjacent to an activating group) is 1. The van der Waals surface area contributed by atoms with Crippen molar-refractivity contribution in [3.63, 3.8) is 0 Å². The molecule has 0 aliphatic carbocycles. The van der Waals surface area contributed by atoms with Crippen LogP contribution in [0, 0.1) is 0 Å². The summed E-state index contributed by atoms with van der Waals surface area (Å²) < 4.78 is 5.65. The number of nitrogens with one attached hydrogen (secondary N) is 1. The van der Waals surface area contributed by atoms with Gasteiger partial charge in [0.05, 0.1) is 6.54 Å². The van der Waals surface area contributed by atoms with E-state index < -0.39 is 0 Å². The summed E-state index contributed by atoms with van der Waals surface area (Å²) in [6, 6.07) is 4.27. The Kier molecular flexibility index (Phi) is 5.23. The number of carbonyl (C=O) groups excluding carboxylic acids is 2. The van der Waals surface area contributed by atoms with Crippen LogP contribution in [0.25, 0.3) is 0 Å². The third-order valence-corrected chi connectivity index (χ3v) is 5.21. The van der Waals surface area contributed by atoms with E-state index in [1.807, 2.05) is 4.90 Å². The first kappa shape index (κ1) is 17.0. The second-order valence-electron chi connectivity index (χ2n) is 6.72. The van der Waals surface area contributed by atoms with Crippen LogP contribution in [-0.4, -0.2) is 53.3 Å². The van der Waals surface area contributed by atoms with Crippen molar-refractivity contribution in [3.05, 3.63) is 23.7 Å². The summed E-state index contributed by atoms with van der Waals surface area (Å²) in [4.78, 5) is 28.4. The lowest BCUT2D eigenvalue weighted by molar-refractivity contribution is -0.119. The number of likely N-dealkylation sites (tertiary alicyclic amines) is 2. The fraction of sp³-hybridized carbons (Fsp3) is 0.667. The molecule has 2 amide bonds. The Hall–Kier alpha value is -1.82. The highest BCUT2D eigenvalue weighted by Crippen LogP contribution is 2.31. The Balaban J connectivity index is 1.68. The van der Waals surface area contributed by atoms with Crippen LogP contribution in [0.5, 0.6) is 0 Å². The first-order valence-electron chi connectivity index (χ1n) is 8.98. The van der Waals surface area contributed by atoms with E-state index in [0.717, 1.165) is 32.5 Å². The summed E-state index contributed by atoms with van der Waals surface area (Å²) in [6.07, 6.45) is 4.53. The second kappa shape index (κ2) is 7.38. The molecule has 2 aliphatic heterocycles. The molecule has 1 aromatic heterocycles.